The number of nitro benzene ring substituents is 1. The topological polar surface area (TPSA) is 144 Å². The number of nitro groups is 1. The van der Waals surface area contributed by atoms with Crippen LogP contribution in [-0.4, -0.2) is 32.3 Å². The zero-order valence-electron chi connectivity index (χ0n) is 11.5. The first kappa shape index (κ1) is 16.9. The predicted octanol–water partition coefficient (Wildman–Crippen LogP) is 0.179. The molecule has 1 amide bonds. The Kier molecular flexibility index (Phi) is 5.22. The summed E-state index contributed by atoms with van der Waals surface area (Å²) in [5.41, 5.74) is 4.85. The minimum atomic E-state index is -4.03. The van der Waals surface area contributed by atoms with Crippen molar-refractivity contribution in [2.45, 2.75) is 24.3 Å². The molecule has 116 valence electrons. The van der Waals surface area contributed by atoms with Crippen molar-refractivity contribution in [1.29, 1.82) is 0 Å². The van der Waals surface area contributed by atoms with E-state index in [-0.39, 0.29) is 22.7 Å². The van der Waals surface area contributed by atoms with Crippen molar-refractivity contribution in [2.24, 2.45) is 5.73 Å². The van der Waals surface area contributed by atoms with Gasteiger partial charge in [-0.3, -0.25) is 14.9 Å². The number of carbonyl (C=O) groups is 1. The van der Waals surface area contributed by atoms with Gasteiger partial charge < -0.3 is 11.1 Å². The number of non-ortho nitro benzene ring substituents is 1. The van der Waals surface area contributed by atoms with Gasteiger partial charge >= 0.3 is 0 Å². The van der Waals surface area contributed by atoms with Crippen molar-refractivity contribution in [3.63, 3.8) is 0 Å². The average molecular weight is 316 g/mol. The smallest absolute Gasteiger partial charge is 0.270 e. The summed E-state index contributed by atoms with van der Waals surface area (Å²) >= 11 is 0. The molecule has 10 heteroatoms. The number of nitrogens with zero attached hydrogens (tertiary/aromatic N) is 1. The molecule has 1 atom stereocenters. The van der Waals surface area contributed by atoms with E-state index < -0.39 is 26.9 Å². The molecule has 0 spiro atoms. The van der Waals surface area contributed by atoms with Gasteiger partial charge in [0.1, 0.15) is 4.90 Å². The highest BCUT2D eigenvalue weighted by molar-refractivity contribution is 7.89. The Labute approximate surface area is 121 Å². The van der Waals surface area contributed by atoms with E-state index in [1.807, 2.05) is 0 Å². The van der Waals surface area contributed by atoms with E-state index in [4.69, 9.17) is 5.73 Å². The molecule has 9 nitrogen and oxygen atoms in total. The first-order valence-corrected chi connectivity index (χ1v) is 7.42. The molecule has 0 bridgehead atoms. The van der Waals surface area contributed by atoms with Gasteiger partial charge in [0.05, 0.1) is 10.6 Å². The number of carbonyl (C=O) groups excluding carboxylic acids is 1. The Morgan fingerprint density at radius 2 is 2.10 bits per heavy atom. The molecule has 1 rings (SSSR count). The van der Waals surface area contributed by atoms with Crippen LogP contribution < -0.4 is 15.8 Å². The molecule has 0 saturated carbocycles. The third kappa shape index (κ3) is 4.39. The quantitative estimate of drug-likeness (QED) is 0.483. The Morgan fingerprint density at radius 1 is 1.48 bits per heavy atom. The van der Waals surface area contributed by atoms with Crippen molar-refractivity contribution in [2.75, 3.05) is 12.4 Å². The number of anilines is 1. The van der Waals surface area contributed by atoms with Crippen LogP contribution in [-0.2, 0) is 14.8 Å². The lowest BCUT2D eigenvalue weighted by molar-refractivity contribution is -0.385. The van der Waals surface area contributed by atoms with E-state index in [0.29, 0.717) is 0 Å². The number of amides is 1. The van der Waals surface area contributed by atoms with Gasteiger partial charge in [-0.05, 0) is 13.0 Å². The molecule has 0 radical (unpaired) electrons. The van der Waals surface area contributed by atoms with Crippen molar-refractivity contribution < 1.29 is 18.1 Å². The average Bonchev–Trinajstić information content (AvgIpc) is 2.36. The van der Waals surface area contributed by atoms with E-state index in [1.54, 1.807) is 0 Å². The molecule has 4 N–H and O–H groups in total. The number of rotatable bonds is 7. The molecule has 0 aliphatic heterocycles. The minimum Gasteiger partial charge on any atom is -0.387 e. The first-order chi connectivity index (χ1) is 9.67. The maximum atomic E-state index is 12.3. The van der Waals surface area contributed by atoms with Crippen LogP contribution in [0.3, 0.4) is 0 Å². The molecule has 0 aromatic heterocycles. The summed E-state index contributed by atoms with van der Waals surface area (Å²) in [5.74, 6) is -0.655. The zero-order chi connectivity index (χ0) is 16.2. The lowest BCUT2D eigenvalue weighted by atomic mass is 10.2. The number of sulfonamides is 1. The second kappa shape index (κ2) is 6.50. The fraction of sp³-hybridized carbons (Fsp3) is 0.364. The monoisotopic (exact) mass is 316 g/mol. The second-order valence-corrected chi connectivity index (χ2v) is 6.06. The molecule has 0 fully saturated rings. The van der Waals surface area contributed by atoms with Crippen LogP contribution in [0.2, 0.25) is 0 Å². The Morgan fingerprint density at radius 3 is 2.57 bits per heavy atom. The molecule has 21 heavy (non-hydrogen) atoms. The van der Waals surface area contributed by atoms with Gasteiger partial charge in [-0.2, -0.15) is 0 Å². The van der Waals surface area contributed by atoms with Crippen molar-refractivity contribution >= 4 is 27.3 Å². The molecule has 1 aromatic rings. The molecular formula is C11H16N4O5S. The summed E-state index contributed by atoms with van der Waals surface area (Å²) in [7, 11) is -2.54. The molecule has 1 aromatic carbocycles. The fourth-order valence-corrected chi connectivity index (χ4v) is 3.20. The van der Waals surface area contributed by atoms with Gasteiger partial charge in [-0.25, -0.2) is 13.1 Å². The highest BCUT2D eigenvalue weighted by Crippen LogP contribution is 2.26. The van der Waals surface area contributed by atoms with Crippen molar-refractivity contribution in [3.8, 4) is 0 Å². The van der Waals surface area contributed by atoms with E-state index in [0.717, 1.165) is 6.07 Å². The highest BCUT2D eigenvalue weighted by Gasteiger charge is 2.24. The van der Waals surface area contributed by atoms with Gasteiger partial charge in [0.15, 0.2) is 0 Å². The maximum absolute atomic E-state index is 12.3. The number of nitrogens with one attached hydrogen (secondary N) is 2. The molecule has 1 unspecified atom stereocenters. The van der Waals surface area contributed by atoms with Crippen LogP contribution in [0.25, 0.3) is 0 Å². The number of hydrogen-bond acceptors (Lipinski definition) is 6. The zero-order valence-corrected chi connectivity index (χ0v) is 12.3. The Balaban J connectivity index is 3.19. The second-order valence-electron chi connectivity index (χ2n) is 4.38. The van der Waals surface area contributed by atoms with Gasteiger partial charge in [0, 0.05) is 31.6 Å². The molecule has 0 saturated heterocycles. The minimum absolute atomic E-state index is 0.178. The Bertz CT molecular complexity index is 659. The number of nitrogens with two attached hydrogens (primary N) is 1. The Hall–Kier alpha value is -2.20. The van der Waals surface area contributed by atoms with Gasteiger partial charge in [0.2, 0.25) is 15.9 Å². The summed E-state index contributed by atoms with van der Waals surface area (Å²) < 4.78 is 26.8. The van der Waals surface area contributed by atoms with Gasteiger partial charge in [0.25, 0.3) is 5.69 Å². The van der Waals surface area contributed by atoms with E-state index >= 15 is 0 Å². The summed E-state index contributed by atoms with van der Waals surface area (Å²) in [6.07, 6.45) is -0.178. The van der Waals surface area contributed by atoms with Crippen molar-refractivity contribution in [3.05, 3.63) is 28.3 Å². The molecular weight excluding hydrogens is 300 g/mol. The van der Waals surface area contributed by atoms with E-state index in [9.17, 15) is 23.3 Å². The van der Waals surface area contributed by atoms with Crippen LogP contribution in [0, 0.1) is 10.1 Å². The third-order valence-corrected chi connectivity index (χ3v) is 4.23. The van der Waals surface area contributed by atoms with E-state index in [1.165, 1.54) is 26.1 Å². The molecule has 0 aliphatic rings. The first-order valence-electron chi connectivity index (χ1n) is 5.94. The summed E-state index contributed by atoms with van der Waals surface area (Å²) in [6, 6.07) is 2.71. The largest absolute Gasteiger partial charge is 0.387 e. The van der Waals surface area contributed by atoms with Crippen LogP contribution in [0.4, 0.5) is 11.4 Å². The summed E-state index contributed by atoms with van der Waals surface area (Å²) in [6.45, 7) is 1.47. The van der Waals surface area contributed by atoms with Crippen LogP contribution in [0.15, 0.2) is 23.1 Å². The molecule has 0 heterocycles. The van der Waals surface area contributed by atoms with Crippen LogP contribution in [0.5, 0.6) is 0 Å². The summed E-state index contributed by atoms with van der Waals surface area (Å²) in [4.78, 5) is 20.6. The van der Waals surface area contributed by atoms with Gasteiger partial charge in [-0.1, -0.05) is 0 Å². The third-order valence-electron chi connectivity index (χ3n) is 2.60. The SMILES string of the molecule is CNc1ccc([N+](=O)[O-])cc1S(=O)(=O)NC(C)CC(N)=O. The predicted molar refractivity (Wildman–Crippen MR) is 76.2 cm³/mol. The number of benzene rings is 1. The lowest BCUT2D eigenvalue weighted by Crippen LogP contribution is -2.36. The van der Waals surface area contributed by atoms with E-state index in [2.05, 4.69) is 10.0 Å². The normalized spacial score (nSPS) is 12.7. The maximum Gasteiger partial charge on any atom is 0.270 e. The van der Waals surface area contributed by atoms with Crippen LogP contribution >= 0.6 is 0 Å². The van der Waals surface area contributed by atoms with Gasteiger partial charge in [-0.15, -0.1) is 0 Å². The number of hydrogen-bond donors (Lipinski definition) is 3. The standard InChI is InChI=1S/C11H16N4O5S/c1-7(5-11(12)16)14-21(19,20)10-6-8(15(17)18)3-4-9(10)13-2/h3-4,6-7,13-14H,5H2,1-2H3,(H2,12,16). The summed E-state index contributed by atoms with van der Waals surface area (Å²) in [5, 5.41) is 13.4. The lowest BCUT2D eigenvalue weighted by Gasteiger charge is -2.15. The highest BCUT2D eigenvalue weighted by atomic mass is 32.2. The fourth-order valence-electron chi connectivity index (χ4n) is 1.73. The van der Waals surface area contributed by atoms with Crippen LogP contribution in [0.1, 0.15) is 13.3 Å². The molecule has 0 aliphatic carbocycles. The number of primary amides is 1. The van der Waals surface area contributed by atoms with Crippen molar-refractivity contribution in [1.82, 2.24) is 4.72 Å².